The van der Waals surface area contributed by atoms with Crippen molar-refractivity contribution >= 4 is 24.1 Å². The molecule has 10 nitrogen and oxygen atoms in total. The summed E-state index contributed by atoms with van der Waals surface area (Å²) in [5.74, 6) is -0.777. The number of rotatable bonds is 5. The van der Waals surface area contributed by atoms with Gasteiger partial charge in [0.1, 0.15) is 13.2 Å². The molecule has 0 spiro atoms. The second kappa shape index (κ2) is 7.48. The molecule has 0 bridgehead atoms. The van der Waals surface area contributed by atoms with E-state index in [4.69, 9.17) is 9.47 Å². The third-order valence-electron chi connectivity index (χ3n) is 5.25. The molecular weight excluding hydrogens is 372 g/mol. The molecular formula is C18H26N2O8. The van der Waals surface area contributed by atoms with Crippen molar-refractivity contribution in [2.75, 3.05) is 19.8 Å². The molecule has 0 aromatic carbocycles. The van der Waals surface area contributed by atoms with E-state index in [1.165, 1.54) is 0 Å². The molecule has 3 fully saturated rings. The van der Waals surface area contributed by atoms with Crippen LogP contribution in [0, 0.1) is 10.8 Å². The van der Waals surface area contributed by atoms with Gasteiger partial charge in [-0.25, -0.2) is 9.59 Å². The van der Waals surface area contributed by atoms with Crippen molar-refractivity contribution in [3.63, 3.8) is 0 Å². The van der Waals surface area contributed by atoms with Crippen LogP contribution in [0.1, 0.15) is 40.0 Å². The van der Waals surface area contributed by atoms with Crippen LogP contribution < -0.4 is 10.6 Å². The van der Waals surface area contributed by atoms with E-state index in [2.05, 4.69) is 34.0 Å². The zero-order chi connectivity index (χ0) is 20.5. The van der Waals surface area contributed by atoms with Crippen LogP contribution >= 0.6 is 0 Å². The Morgan fingerprint density at radius 1 is 0.964 bits per heavy atom. The fraction of sp³-hybridized carbons (Fsp3) is 0.778. The van der Waals surface area contributed by atoms with Gasteiger partial charge in [-0.3, -0.25) is 9.59 Å². The van der Waals surface area contributed by atoms with Crippen molar-refractivity contribution in [2.24, 2.45) is 10.8 Å². The van der Waals surface area contributed by atoms with Crippen LogP contribution in [0.3, 0.4) is 0 Å². The van der Waals surface area contributed by atoms with E-state index in [1.54, 1.807) is 0 Å². The Labute approximate surface area is 162 Å². The molecule has 0 aromatic rings. The number of amides is 2. The third-order valence-corrected chi connectivity index (χ3v) is 5.25. The van der Waals surface area contributed by atoms with Gasteiger partial charge in [-0.2, -0.15) is 0 Å². The molecule has 2 N–H and O–H groups in total. The molecule has 2 saturated heterocycles. The highest BCUT2D eigenvalue weighted by molar-refractivity contribution is 5.85. The Hall–Kier alpha value is -2.52. The number of carbonyl (C=O) groups is 4. The minimum absolute atomic E-state index is 0.0680. The topological polar surface area (TPSA) is 129 Å². The standard InChI is InChI=1S/C18H26N2O8/c1-17(2)4-10(20-14(22)12-7-26-16(24)28-12)5-18(3,8-17)9-19-13(21)11-6-25-15(23)27-11/h10-12H,4-9H2,1-3H3,(H,19,21)(H,20,22). The molecule has 4 unspecified atom stereocenters. The van der Waals surface area contributed by atoms with Crippen LogP contribution in [0.25, 0.3) is 0 Å². The minimum atomic E-state index is -0.930. The molecule has 4 atom stereocenters. The molecule has 2 amide bonds. The van der Waals surface area contributed by atoms with Gasteiger partial charge in [-0.05, 0) is 30.1 Å². The molecule has 156 valence electrons. The number of carbonyl (C=O) groups excluding carboxylic acids is 4. The average Bonchev–Trinajstić information content (AvgIpc) is 3.19. The quantitative estimate of drug-likeness (QED) is 0.653. The van der Waals surface area contributed by atoms with Gasteiger partial charge >= 0.3 is 12.3 Å². The monoisotopic (exact) mass is 398 g/mol. The molecule has 2 aliphatic heterocycles. The van der Waals surface area contributed by atoms with Crippen LogP contribution in [0.4, 0.5) is 9.59 Å². The first-order valence-corrected chi connectivity index (χ1v) is 9.30. The van der Waals surface area contributed by atoms with E-state index in [0.717, 1.165) is 12.8 Å². The minimum Gasteiger partial charge on any atom is -0.430 e. The Kier molecular flexibility index (Phi) is 5.40. The van der Waals surface area contributed by atoms with Gasteiger partial charge in [-0.15, -0.1) is 0 Å². The Bertz CT molecular complexity index is 678. The Morgan fingerprint density at radius 2 is 1.54 bits per heavy atom. The highest BCUT2D eigenvalue weighted by Crippen LogP contribution is 2.45. The van der Waals surface area contributed by atoms with E-state index < -0.39 is 30.4 Å². The lowest BCUT2D eigenvalue weighted by molar-refractivity contribution is -0.130. The summed E-state index contributed by atoms with van der Waals surface area (Å²) >= 11 is 0. The van der Waals surface area contributed by atoms with Crippen molar-refractivity contribution in [1.82, 2.24) is 10.6 Å². The summed E-state index contributed by atoms with van der Waals surface area (Å²) < 4.78 is 18.9. The summed E-state index contributed by atoms with van der Waals surface area (Å²) in [5, 5.41) is 5.77. The van der Waals surface area contributed by atoms with Gasteiger partial charge in [-0.1, -0.05) is 20.8 Å². The lowest BCUT2D eigenvalue weighted by Crippen LogP contribution is -2.53. The summed E-state index contributed by atoms with van der Waals surface area (Å²) in [5.41, 5.74) is -0.344. The van der Waals surface area contributed by atoms with Gasteiger partial charge in [0, 0.05) is 12.6 Å². The van der Waals surface area contributed by atoms with Gasteiger partial charge in [0.05, 0.1) is 0 Å². The van der Waals surface area contributed by atoms with Crippen molar-refractivity contribution in [3.05, 3.63) is 0 Å². The zero-order valence-electron chi connectivity index (χ0n) is 16.2. The molecule has 3 rings (SSSR count). The first kappa shape index (κ1) is 20.2. The number of nitrogens with one attached hydrogen (secondary N) is 2. The second-order valence-corrected chi connectivity index (χ2v) is 8.82. The second-order valence-electron chi connectivity index (χ2n) is 8.82. The lowest BCUT2D eigenvalue weighted by atomic mass is 9.62. The summed E-state index contributed by atoms with van der Waals surface area (Å²) in [6.07, 6.45) is -1.30. The fourth-order valence-electron chi connectivity index (χ4n) is 4.49. The lowest BCUT2D eigenvalue weighted by Gasteiger charge is -2.47. The zero-order valence-corrected chi connectivity index (χ0v) is 16.2. The molecule has 2 heterocycles. The number of hydrogen-bond acceptors (Lipinski definition) is 8. The van der Waals surface area contributed by atoms with E-state index in [9.17, 15) is 19.2 Å². The molecule has 3 aliphatic rings. The Balaban J connectivity index is 1.57. The number of hydrogen-bond donors (Lipinski definition) is 2. The molecule has 0 aromatic heterocycles. The molecule has 1 saturated carbocycles. The summed E-state index contributed by atoms with van der Waals surface area (Å²) in [4.78, 5) is 46.6. The van der Waals surface area contributed by atoms with E-state index >= 15 is 0 Å². The van der Waals surface area contributed by atoms with Crippen molar-refractivity contribution in [2.45, 2.75) is 58.3 Å². The van der Waals surface area contributed by atoms with Gasteiger partial charge in [0.2, 0.25) is 12.2 Å². The van der Waals surface area contributed by atoms with Crippen molar-refractivity contribution in [3.8, 4) is 0 Å². The third kappa shape index (κ3) is 4.85. The Morgan fingerprint density at radius 3 is 2.07 bits per heavy atom. The van der Waals surface area contributed by atoms with E-state index in [-0.39, 0.29) is 36.0 Å². The van der Waals surface area contributed by atoms with Crippen LogP contribution in [0.5, 0.6) is 0 Å². The van der Waals surface area contributed by atoms with Crippen LogP contribution in [-0.4, -0.2) is 62.1 Å². The highest BCUT2D eigenvalue weighted by atomic mass is 16.8. The maximum Gasteiger partial charge on any atom is 0.509 e. The van der Waals surface area contributed by atoms with E-state index in [0.29, 0.717) is 13.0 Å². The summed E-state index contributed by atoms with van der Waals surface area (Å²) in [7, 11) is 0. The van der Waals surface area contributed by atoms with Crippen LogP contribution in [0.2, 0.25) is 0 Å². The van der Waals surface area contributed by atoms with Crippen LogP contribution in [-0.2, 0) is 28.5 Å². The first-order chi connectivity index (χ1) is 13.1. The van der Waals surface area contributed by atoms with Gasteiger partial charge in [0.25, 0.3) is 11.8 Å². The SMILES string of the molecule is CC1(C)CC(NC(=O)C2COC(=O)O2)CC(C)(CNC(=O)C2COC(=O)O2)C1. The van der Waals surface area contributed by atoms with Gasteiger partial charge < -0.3 is 29.6 Å². The van der Waals surface area contributed by atoms with Crippen molar-refractivity contribution < 1.29 is 38.1 Å². The fourth-order valence-corrected chi connectivity index (χ4v) is 4.49. The molecule has 0 radical (unpaired) electrons. The molecule has 1 aliphatic carbocycles. The predicted molar refractivity (Wildman–Crippen MR) is 93.1 cm³/mol. The maximum absolute atomic E-state index is 12.4. The smallest absolute Gasteiger partial charge is 0.430 e. The highest BCUT2D eigenvalue weighted by Gasteiger charge is 2.43. The molecule has 28 heavy (non-hydrogen) atoms. The summed E-state index contributed by atoms with van der Waals surface area (Å²) in [6, 6.07) is -0.134. The first-order valence-electron chi connectivity index (χ1n) is 9.30. The van der Waals surface area contributed by atoms with Crippen molar-refractivity contribution in [1.29, 1.82) is 0 Å². The molecule has 10 heteroatoms. The maximum atomic E-state index is 12.4. The largest absolute Gasteiger partial charge is 0.509 e. The van der Waals surface area contributed by atoms with E-state index in [1.807, 2.05) is 6.92 Å². The normalized spacial score (nSPS) is 33.9. The number of cyclic esters (lactones) is 4. The number of ether oxygens (including phenoxy) is 4. The average molecular weight is 398 g/mol. The summed E-state index contributed by atoms with van der Waals surface area (Å²) in [6.45, 7) is 6.46. The van der Waals surface area contributed by atoms with Crippen LogP contribution in [0.15, 0.2) is 0 Å². The van der Waals surface area contributed by atoms with Gasteiger partial charge in [0.15, 0.2) is 0 Å². The predicted octanol–water partition coefficient (Wildman–Crippen LogP) is 0.875.